The lowest BCUT2D eigenvalue weighted by Gasteiger charge is -2.02. The fourth-order valence-corrected chi connectivity index (χ4v) is 1.37. The van der Waals surface area contributed by atoms with E-state index in [1.807, 2.05) is 48.3 Å². The molecule has 1 heterocycles. The molecule has 2 aromatic rings. The topological polar surface area (TPSA) is 43.8 Å². The van der Waals surface area contributed by atoms with Crippen LogP contribution in [-0.2, 0) is 6.54 Å². The lowest BCUT2D eigenvalue weighted by molar-refractivity contribution is 1.03. The molecule has 0 aliphatic rings. The summed E-state index contributed by atoms with van der Waals surface area (Å²) >= 11 is 0. The van der Waals surface area contributed by atoms with Crippen LogP contribution in [0.2, 0.25) is 0 Å². The zero-order valence-corrected chi connectivity index (χ0v) is 10.6. The highest BCUT2D eigenvalue weighted by Crippen LogP contribution is 2.09. The van der Waals surface area contributed by atoms with Crippen LogP contribution >= 0.6 is 24.8 Å². The third-order valence-electron chi connectivity index (χ3n) is 2.18. The Morgan fingerprint density at radius 2 is 1.81 bits per heavy atom. The van der Waals surface area contributed by atoms with Gasteiger partial charge in [-0.15, -0.1) is 24.8 Å². The maximum Gasteiger partial charge on any atom is 0.0995 e. The monoisotopic (exact) mass is 259 g/mol. The van der Waals surface area contributed by atoms with Gasteiger partial charge in [-0.05, 0) is 24.6 Å². The molecular formula is C11H15Cl2N3. The Morgan fingerprint density at radius 3 is 2.25 bits per heavy atom. The Morgan fingerprint density at radius 1 is 1.19 bits per heavy atom. The van der Waals surface area contributed by atoms with Crippen LogP contribution in [0, 0.1) is 6.92 Å². The van der Waals surface area contributed by atoms with Gasteiger partial charge in [-0.3, -0.25) is 0 Å². The molecule has 0 amide bonds. The van der Waals surface area contributed by atoms with Crippen molar-refractivity contribution in [1.29, 1.82) is 0 Å². The van der Waals surface area contributed by atoms with Gasteiger partial charge in [0.15, 0.2) is 0 Å². The van der Waals surface area contributed by atoms with Crippen LogP contribution < -0.4 is 5.73 Å². The molecule has 0 bridgehead atoms. The second kappa shape index (κ2) is 6.53. The average Bonchev–Trinajstić information content (AvgIpc) is 2.65. The van der Waals surface area contributed by atoms with Gasteiger partial charge in [0.1, 0.15) is 0 Å². The van der Waals surface area contributed by atoms with Gasteiger partial charge < -0.3 is 10.3 Å². The van der Waals surface area contributed by atoms with Crippen molar-refractivity contribution in [2.24, 2.45) is 5.73 Å². The predicted molar refractivity (Wildman–Crippen MR) is 70.7 cm³/mol. The number of aromatic nitrogens is 2. The second-order valence-electron chi connectivity index (χ2n) is 3.29. The molecule has 0 fully saturated rings. The van der Waals surface area contributed by atoms with Crippen LogP contribution in [0.15, 0.2) is 36.8 Å². The molecule has 0 unspecified atom stereocenters. The first-order chi connectivity index (χ1) is 6.79. The summed E-state index contributed by atoms with van der Waals surface area (Å²) < 4.78 is 2.00. The maximum absolute atomic E-state index is 5.52. The van der Waals surface area contributed by atoms with E-state index in [0.29, 0.717) is 6.54 Å². The van der Waals surface area contributed by atoms with Crippen LogP contribution in [-0.4, -0.2) is 9.55 Å². The van der Waals surface area contributed by atoms with E-state index < -0.39 is 0 Å². The molecule has 0 aliphatic heterocycles. The highest BCUT2D eigenvalue weighted by Gasteiger charge is 1.96. The van der Waals surface area contributed by atoms with E-state index in [4.69, 9.17) is 5.73 Å². The third-order valence-corrected chi connectivity index (χ3v) is 2.18. The number of hydrogen-bond acceptors (Lipinski definition) is 2. The minimum atomic E-state index is 0. The zero-order chi connectivity index (χ0) is 9.97. The van der Waals surface area contributed by atoms with Gasteiger partial charge in [0.25, 0.3) is 0 Å². The molecule has 0 saturated carbocycles. The standard InChI is InChI=1S/C11H13N3.2ClH/c1-9-7-14(8-13-9)11-4-2-10(6-12)3-5-11;;/h2-5,7-8H,6,12H2,1H3;2*1H. The molecule has 0 saturated heterocycles. The summed E-state index contributed by atoms with van der Waals surface area (Å²) in [6.07, 6.45) is 3.81. The van der Waals surface area contributed by atoms with Crippen molar-refractivity contribution < 1.29 is 0 Å². The first-order valence-electron chi connectivity index (χ1n) is 4.59. The quantitative estimate of drug-likeness (QED) is 0.901. The number of halogens is 2. The normalized spacial score (nSPS) is 9.12. The summed E-state index contributed by atoms with van der Waals surface area (Å²) in [7, 11) is 0. The average molecular weight is 260 g/mol. The van der Waals surface area contributed by atoms with Crippen molar-refractivity contribution in [1.82, 2.24) is 9.55 Å². The first-order valence-corrected chi connectivity index (χ1v) is 4.59. The largest absolute Gasteiger partial charge is 0.326 e. The van der Waals surface area contributed by atoms with E-state index in [1.54, 1.807) is 0 Å². The van der Waals surface area contributed by atoms with Crippen molar-refractivity contribution in [2.75, 3.05) is 0 Å². The molecule has 1 aromatic carbocycles. The molecule has 2 N–H and O–H groups in total. The number of nitrogens with zero attached hydrogens (tertiary/aromatic N) is 2. The highest BCUT2D eigenvalue weighted by molar-refractivity contribution is 5.85. The summed E-state index contributed by atoms with van der Waals surface area (Å²) in [5, 5.41) is 0. The molecule has 2 rings (SSSR count). The van der Waals surface area contributed by atoms with Crippen LogP contribution in [0.25, 0.3) is 5.69 Å². The van der Waals surface area contributed by atoms with Crippen LogP contribution in [0.1, 0.15) is 11.3 Å². The summed E-state index contributed by atoms with van der Waals surface area (Å²) in [5.41, 5.74) is 8.80. The fraction of sp³-hybridized carbons (Fsp3) is 0.182. The van der Waals surface area contributed by atoms with E-state index in [-0.39, 0.29) is 24.8 Å². The minimum Gasteiger partial charge on any atom is -0.326 e. The van der Waals surface area contributed by atoms with Gasteiger partial charge in [0, 0.05) is 18.4 Å². The lowest BCUT2D eigenvalue weighted by atomic mass is 10.2. The molecule has 1 aromatic heterocycles. The van der Waals surface area contributed by atoms with Gasteiger partial charge in [0.2, 0.25) is 0 Å². The van der Waals surface area contributed by atoms with Gasteiger partial charge in [-0.1, -0.05) is 12.1 Å². The van der Waals surface area contributed by atoms with Crippen molar-refractivity contribution in [3.05, 3.63) is 48.0 Å². The number of nitrogens with two attached hydrogens (primary N) is 1. The second-order valence-corrected chi connectivity index (χ2v) is 3.29. The number of aryl methyl sites for hydroxylation is 1. The summed E-state index contributed by atoms with van der Waals surface area (Å²) in [6, 6.07) is 8.15. The van der Waals surface area contributed by atoms with Crippen LogP contribution in [0.3, 0.4) is 0 Å². The van der Waals surface area contributed by atoms with Gasteiger partial charge in [-0.25, -0.2) is 4.98 Å². The lowest BCUT2D eigenvalue weighted by Crippen LogP contribution is -1.96. The smallest absolute Gasteiger partial charge is 0.0995 e. The van der Waals surface area contributed by atoms with E-state index >= 15 is 0 Å². The Labute approximate surface area is 108 Å². The molecule has 5 heteroatoms. The fourth-order valence-electron chi connectivity index (χ4n) is 1.37. The van der Waals surface area contributed by atoms with Crippen molar-refractivity contribution in [3.63, 3.8) is 0 Å². The third kappa shape index (κ3) is 3.23. The molecule has 88 valence electrons. The molecule has 0 atom stereocenters. The Bertz CT molecular complexity index is 423. The molecule has 3 nitrogen and oxygen atoms in total. The van der Waals surface area contributed by atoms with Crippen molar-refractivity contribution >= 4 is 24.8 Å². The predicted octanol–water partition coefficient (Wildman–Crippen LogP) is 2.48. The van der Waals surface area contributed by atoms with Crippen LogP contribution in [0.4, 0.5) is 0 Å². The van der Waals surface area contributed by atoms with E-state index in [1.165, 1.54) is 0 Å². The molecule has 16 heavy (non-hydrogen) atoms. The summed E-state index contributed by atoms with van der Waals surface area (Å²) in [4.78, 5) is 4.17. The number of hydrogen-bond donors (Lipinski definition) is 1. The molecular weight excluding hydrogens is 245 g/mol. The number of benzene rings is 1. The van der Waals surface area contributed by atoms with Crippen molar-refractivity contribution in [3.8, 4) is 5.69 Å². The van der Waals surface area contributed by atoms with Gasteiger partial charge in [-0.2, -0.15) is 0 Å². The summed E-state index contributed by atoms with van der Waals surface area (Å²) in [6.45, 7) is 2.56. The Kier molecular flexibility index (Phi) is 6.11. The summed E-state index contributed by atoms with van der Waals surface area (Å²) in [5.74, 6) is 0. The molecule has 0 spiro atoms. The Hall–Kier alpha value is -1.03. The highest BCUT2D eigenvalue weighted by atomic mass is 35.5. The molecule has 0 aliphatic carbocycles. The van der Waals surface area contributed by atoms with E-state index in [0.717, 1.165) is 16.9 Å². The van der Waals surface area contributed by atoms with E-state index in [2.05, 4.69) is 4.98 Å². The Balaban J connectivity index is 0.00000112. The SMILES string of the molecule is Cc1cn(-c2ccc(CN)cc2)cn1.Cl.Cl. The van der Waals surface area contributed by atoms with Gasteiger partial charge >= 0.3 is 0 Å². The first kappa shape index (κ1) is 15.0. The zero-order valence-electron chi connectivity index (χ0n) is 8.96. The number of imidazole rings is 1. The molecule has 0 radical (unpaired) electrons. The van der Waals surface area contributed by atoms with Gasteiger partial charge in [0.05, 0.1) is 12.0 Å². The van der Waals surface area contributed by atoms with Crippen LogP contribution in [0.5, 0.6) is 0 Å². The number of rotatable bonds is 2. The minimum absolute atomic E-state index is 0. The van der Waals surface area contributed by atoms with Crippen molar-refractivity contribution in [2.45, 2.75) is 13.5 Å². The van der Waals surface area contributed by atoms with E-state index in [9.17, 15) is 0 Å². The maximum atomic E-state index is 5.52.